The first kappa shape index (κ1) is 19.5. The van der Waals surface area contributed by atoms with Crippen molar-refractivity contribution >= 4 is 12.4 Å². The van der Waals surface area contributed by atoms with Gasteiger partial charge in [0.15, 0.2) is 0 Å². The lowest BCUT2D eigenvalue weighted by atomic mass is 10.1. The predicted molar refractivity (Wildman–Crippen MR) is 111 cm³/mol. The van der Waals surface area contributed by atoms with Gasteiger partial charge in [0.1, 0.15) is 0 Å². The predicted octanol–water partition coefficient (Wildman–Crippen LogP) is 3.21. The molecule has 0 bridgehead atoms. The molecule has 1 aromatic carbocycles. The van der Waals surface area contributed by atoms with Crippen molar-refractivity contribution in [3.63, 3.8) is 0 Å². The number of rotatable bonds is 5. The quantitative estimate of drug-likeness (QED) is 0.734. The van der Waals surface area contributed by atoms with Crippen LogP contribution in [0.2, 0.25) is 0 Å². The molecule has 27 heavy (non-hydrogen) atoms. The molecule has 6 heteroatoms. The molecule has 5 nitrogen and oxygen atoms in total. The lowest BCUT2D eigenvalue weighted by molar-refractivity contribution is 0.200. The van der Waals surface area contributed by atoms with Crippen LogP contribution in [-0.2, 0) is 13.1 Å². The van der Waals surface area contributed by atoms with Crippen LogP contribution >= 0.6 is 12.4 Å². The molecule has 1 N–H and O–H groups in total. The third-order valence-corrected chi connectivity index (χ3v) is 4.81. The van der Waals surface area contributed by atoms with Gasteiger partial charge < -0.3 is 5.32 Å². The van der Waals surface area contributed by atoms with Crippen LogP contribution in [0.25, 0.3) is 11.3 Å². The summed E-state index contributed by atoms with van der Waals surface area (Å²) in [5.41, 5.74) is 4.65. The summed E-state index contributed by atoms with van der Waals surface area (Å²) in [7, 11) is 0. The fraction of sp³-hybridized carbons (Fsp3) is 0.333. The molecule has 1 aliphatic rings. The zero-order valence-corrected chi connectivity index (χ0v) is 16.4. The highest BCUT2D eigenvalue weighted by Crippen LogP contribution is 2.23. The molecule has 0 amide bonds. The lowest BCUT2D eigenvalue weighted by Gasteiger charge is -2.31. The maximum atomic E-state index is 4.89. The van der Waals surface area contributed by atoms with Gasteiger partial charge in [0, 0.05) is 61.9 Å². The Hall–Kier alpha value is -2.21. The molecule has 1 saturated heterocycles. The smallest absolute Gasteiger partial charge is 0.0983 e. The summed E-state index contributed by atoms with van der Waals surface area (Å²) in [6.07, 6.45) is 5.91. The number of hydrogen-bond donors (Lipinski definition) is 1. The molecule has 1 atom stereocenters. The summed E-state index contributed by atoms with van der Waals surface area (Å²) in [6, 6.07) is 15.1. The van der Waals surface area contributed by atoms with Crippen LogP contribution in [0.15, 0.2) is 61.1 Å². The van der Waals surface area contributed by atoms with Gasteiger partial charge in [-0.25, -0.2) is 0 Å². The Kier molecular flexibility index (Phi) is 6.61. The van der Waals surface area contributed by atoms with E-state index in [0.717, 1.165) is 44.0 Å². The molecule has 1 unspecified atom stereocenters. The molecule has 0 saturated carbocycles. The molecular formula is C21H26ClN5. The van der Waals surface area contributed by atoms with Gasteiger partial charge in [-0.3, -0.25) is 14.6 Å². The first-order chi connectivity index (χ1) is 12.8. The monoisotopic (exact) mass is 383 g/mol. The standard InChI is InChI=1S/C21H25N5.ClH/c1-17-13-25(11-10-23-17)15-20-16-26(14-18-6-3-2-4-7-18)24-21(20)19-8-5-9-22-12-19;/h2-9,12,16-17,23H,10-11,13-15H2,1H3;1H. The number of halogens is 1. The van der Waals surface area contributed by atoms with Crippen LogP contribution in [0.4, 0.5) is 0 Å². The Morgan fingerprint density at radius 1 is 1.11 bits per heavy atom. The van der Waals surface area contributed by atoms with Gasteiger partial charge >= 0.3 is 0 Å². The topological polar surface area (TPSA) is 46.0 Å². The number of benzene rings is 1. The van der Waals surface area contributed by atoms with Crippen LogP contribution in [0, 0.1) is 0 Å². The summed E-state index contributed by atoms with van der Waals surface area (Å²) in [6.45, 7) is 7.13. The van der Waals surface area contributed by atoms with Gasteiger partial charge in [-0.15, -0.1) is 12.4 Å². The van der Waals surface area contributed by atoms with E-state index in [4.69, 9.17) is 5.10 Å². The van der Waals surface area contributed by atoms with E-state index in [9.17, 15) is 0 Å². The fourth-order valence-electron chi connectivity index (χ4n) is 3.57. The van der Waals surface area contributed by atoms with Crippen molar-refractivity contribution in [2.24, 2.45) is 0 Å². The number of hydrogen-bond acceptors (Lipinski definition) is 4. The minimum atomic E-state index is 0. The van der Waals surface area contributed by atoms with Gasteiger partial charge in [0.05, 0.1) is 12.2 Å². The Morgan fingerprint density at radius 2 is 1.96 bits per heavy atom. The Bertz CT molecular complexity index is 834. The van der Waals surface area contributed by atoms with Crippen molar-refractivity contribution in [3.05, 3.63) is 72.2 Å². The minimum Gasteiger partial charge on any atom is -0.312 e. The van der Waals surface area contributed by atoms with E-state index in [1.807, 2.05) is 24.5 Å². The van der Waals surface area contributed by atoms with E-state index >= 15 is 0 Å². The molecule has 4 rings (SSSR count). The van der Waals surface area contributed by atoms with Crippen LogP contribution in [0.1, 0.15) is 18.1 Å². The number of nitrogens with zero attached hydrogens (tertiary/aromatic N) is 4. The lowest BCUT2D eigenvalue weighted by Crippen LogP contribution is -2.48. The van der Waals surface area contributed by atoms with Gasteiger partial charge in [0.25, 0.3) is 0 Å². The van der Waals surface area contributed by atoms with Crippen molar-refractivity contribution in [2.45, 2.75) is 26.1 Å². The van der Waals surface area contributed by atoms with Crippen molar-refractivity contribution in [1.82, 2.24) is 25.0 Å². The first-order valence-electron chi connectivity index (χ1n) is 9.24. The molecule has 1 aliphatic heterocycles. The summed E-state index contributed by atoms with van der Waals surface area (Å²) >= 11 is 0. The molecular weight excluding hydrogens is 358 g/mol. The average molecular weight is 384 g/mol. The molecule has 1 fully saturated rings. The van der Waals surface area contributed by atoms with Gasteiger partial charge in [0.2, 0.25) is 0 Å². The first-order valence-corrected chi connectivity index (χ1v) is 9.24. The number of nitrogens with one attached hydrogen (secondary N) is 1. The normalized spacial score (nSPS) is 17.4. The SMILES string of the molecule is CC1CN(Cc2cn(Cc3ccccc3)nc2-c2cccnc2)CCN1.Cl. The molecule has 3 aromatic rings. The highest BCUT2D eigenvalue weighted by Gasteiger charge is 2.19. The second-order valence-electron chi connectivity index (χ2n) is 7.02. The van der Waals surface area contributed by atoms with Crippen LogP contribution in [0.5, 0.6) is 0 Å². The summed E-state index contributed by atoms with van der Waals surface area (Å²) < 4.78 is 2.05. The summed E-state index contributed by atoms with van der Waals surface area (Å²) in [5.74, 6) is 0. The summed E-state index contributed by atoms with van der Waals surface area (Å²) in [5, 5.41) is 8.40. The molecule has 0 spiro atoms. The van der Waals surface area contributed by atoms with Gasteiger partial charge in [-0.2, -0.15) is 5.10 Å². The Balaban J connectivity index is 0.00000210. The van der Waals surface area contributed by atoms with E-state index in [1.165, 1.54) is 11.1 Å². The fourth-order valence-corrected chi connectivity index (χ4v) is 3.57. The third-order valence-electron chi connectivity index (χ3n) is 4.81. The van der Waals surface area contributed by atoms with E-state index in [1.54, 1.807) is 0 Å². The van der Waals surface area contributed by atoms with Gasteiger partial charge in [-0.1, -0.05) is 30.3 Å². The van der Waals surface area contributed by atoms with E-state index in [-0.39, 0.29) is 12.4 Å². The highest BCUT2D eigenvalue weighted by atomic mass is 35.5. The third kappa shape index (κ3) is 4.95. The highest BCUT2D eigenvalue weighted by molar-refractivity contribution is 5.85. The second kappa shape index (κ2) is 9.13. The largest absolute Gasteiger partial charge is 0.312 e. The van der Waals surface area contributed by atoms with Crippen molar-refractivity contribution in [2.75, 3.05) is 19.6 Å². The van der Waals surface area contributed by atoms with Crippen LogP contribution < -0.4 is 5.32 Å². The molecule has 0 aliphatic carbocycles. The maximum Gasteiger partial charge on any atom is 0.0983 e. The molecule has 3 heterocycles. The average Bonchev–Trinajstić information content (AvgIpc) is 3.05. The number of piperazine rings is 1. The van der Waals surface area contributed by atoms with Crippen molar-refractivity contribution in [3.8, 4) is 11.3 Å². The van der Waals surface area contributed by atoms with Crippen LogP contribution in [-0.4, -0.2) is 45.3 Å². The van der Waals surface area contributed by atoms with E-state index in [0.29, 0.717) is 6.04 Å². The van der Waals surface area contributed by atoms with E-state index in [2.05, 4.69) is 63.3 Å². The number of pyridine rings is 1. The minimum absolute atomic E-state index is 0. The summed E-state index contributed by atoms with van der Waals surface area (Å²) in [4.78, 5) is 6.79. The second-order valence-corrected chi connectivity index (χ2v) is 7.02. The zero-order valence-electron chi connectivity index (χ0n) is 15.6. The van der Waals surface area contributed by atoms with E-state index < -0.39 is 0 Å². The molecule has 2 aromatic heterocycles. The van der Waals surface area contributed by atoms with Gasteiger partial charge in [-0.05, 0) is 24.6 Å². The number of aromatic nitrogens is 3. The molecule has 142 valence electrons. The van der Waals surface area contributed by atoms with Crippen LogP contribution in [0.3, 0.4) is 0 Å². The Morgan fingerprint density at radius 3 is 2.70 bits per heavy atom. The Labute approximate surface area is 166 Å². The van der Waals surface area contributed by atoms with Crippen molar-refractivity contribution < 1.29 is 0 Å². The zero-order chi connectivity index (χ0) is 17.8. The van der Waals surface area contributed by atoms with Crippen molar-refractivity contribution in [1.29, 1.82) is 0 Å². The maximum absolute atomic E-state index is 4.89. The molecule has 0 radical (unpaired) electrons.